The van der Waals surface area contributed by atoms with Crippen molar-refractivity contribution in [2.24, 2.45) is 0 Å². The Kier molecular flexibility index (Phi) is 5.08. The number of hydrogen-bond acceptors (Lipinski definition) is 5. The summed E-state index contributed by atoms with van der Waals surface area (Å²) < 4.78 is 1.72. The molecule has 1 aliphatic heterocycles. The molecule has 24 heavy (non-hydrogen) atoms. The zero-order valence-corrected chi connectivity index (χ0v) is 14.3. The van der Waals surface area contributed by atoms with Crippen LogP contribution in [0.15, 0.2) is 24.4 Å². The molecule has 2 aromatic rings. The average Bonchev–Trinajstić information content (AvgIpc) is 3.02. The van der Waals surface area contributed by atoms with Gasteiger partial charge in [-0.1, -0.05) is 6.92 Å². The molecular formula is C17H24N6O. The number of rotatable bonds is 5. The average molecular weight is 328 g/mol. The standard InChI is InChI=1S/C17H24N6O/c1-3-5-17(24)18-14-6-4-10-22(12-14)15-7-8-16(20-19-15)23-11-9-13(2)21-23/h7-9,11,14H,3-6,10,12H2,1-2H3,(H,18,24). The van der Waals surface area contributed by atoms with Gasteiger partial charge in [-0.05, 0) is 44.4 Å². The quantitative estimate of drug-likeness (QED) is 0.906. The van der Waals surface area contributed by atoms with Crippen molar-refractivity contribution in [3.63, 3.8) is 0 Å². The summed E-state index contributed by atoms with van der Waals surface area (Å²) in [4.78, 5) is 14.0. The van der Waals surface area contributed by atoms with Crippen LogP contribution in [0.25, 0.3) is 5.82 Å². The molecule has 0 saturated carbocycles. The van der Waals surface area contributed by atoms with Crippen LogP contribution in [0.2, 0.25) is 0 Å². The van der Waals surface area contributed by atoms with Gasteiger partial charge in [0.2, 0.25) is 5.91 Å². The summed E-state index contributed by atoms with van der Waals surface area (Å²) in [6.07, 6.45) is 5.40. The molecule has 0 aliphatic carbocycles. The van der Waals surface area contributed by atoms with Crippen LogP contribution in [0.3, 0.4) is 0 Å². The minimum absolute atomic E-state index is 0.139. The van der Waals surface area contributed by atoms with Gasteiger partial charge in [0.05, 0.1) is 5.69 Å². The summed E-state index contributed by atoms with van der Waals surface area (Å²) in [7, 11) is 0. The number of amides is 1. The summed E-state index contributed by atoms with van der Waals surface area (Å²) in [5.41, 5.74) is 0.947. The number of nitrogens with zero attached hydrogens (tertiary/aromatic N) is 5. The van der Waals surface area contributed by atoms with E-state index in [0.717, 1.165) is 43.9 Å². The van der Waals surface area contributed by atoms with Crippen LogP contribution in [0.5, 0.6) is 0 Å². The molecule has 0 spiro atoms. The highest BCUT2D eigenvalue weighted by Gasteiger charge is 2.22. The van der Waals surface area contributed by atoms with E-state index in [1.54, 1.807) is 4.68 Å². The molecule has 1 aliphatic rings. The molecule has 3 rings (SSSR count). The highest BCUT2D eigenvalue weighted by molar-refractivity contribution is 5.76. The fourth-order valence-corrected chi connectivity index (χ4v) is 2.98. The molecule has 1 atom stereocenters. The van der Waals surface area contributed by atoms with Gasteiger partial charge in [-0.15, -0.1) is 10.2 Å². The van der Waals surface area contributed by atoms with E-state index in [2.05, 4.69) is 25.5 Å². The summed E-state index contributed by atoms with van der Waals surface area (Å²) in [5, 5.41) is 16.1. The maximum Gasteiger partial charge on any atom is 0.220 e. The lowest BCUT2D eigenvalue weighted by Crippen LogP contribution is -2.48. The lowest BCUT2D eigenvalue weighted by Gasteiger charge is -2.33. The van der Waals surface area contributed by atoms with Gasteiger partial charge >= 0.3 is 0 Å². The first-order valence-corrected chi connectivity index (χ1v) is 8.56. The summed E-state index contributed by atoms with van der Waals surface area (Å²) in [6, 6.07) is 6.01. The predicted molar refractivity (Wildman–Crippen MR) is 92.2 cm³/mol. The first kappa shape index (κ1) is 16.4. The number of piperidine rings is 1. The largest absolute Gasteiger partial charge is 0.353 e. The lowest BCUT2D eigenvalue weighted by molar-refractivity contribution is -0.121. The Morgan fingerprint density at radius 3 is 2.75 bits per heavy atom. The fourth-order valence-electron chi connectivity index (χ4n) is 2.98. The van der Waals surface area contributed by atoms with Crippen LogP contribution in [0, 0.1) is 6.92 Å². The molecule has 1 N–H and O–H groups in total. The Hall–Kier alpha value is -2.44. The van der Waals surface area contributed by atoms with Gasteiger partial charge in [0.1, 0.15) is 0 Å². The van der Waals surface area contributed by atoms with E-state index in [1.165, 1.54) is 0 Å². The van der Waals surface area contributed by atoms with Crippen LogP contribution < -0.4 is 10.2 Å². The van der Waals surface area contributed by atoms with Gasteiger partial charge in [0.15, 0.2) is 11.6 Å². The molecule has 7 heteroatoms. The second-order valence-corrected chi connectivity index (χ2v) is 6.25. The Labute approximate surface area is 142 Å². The third-order valence-corrected chi connectivity index (χ3v) is 4.18. The number of aromatic nitrogens is 4. The second kappa shape index (κ2) is 7.42. The Bertz CT molecular complexity index is 681. The highest BCUT2D eigenvalue weighted by atomic mass is 16.1. The zero-order chi connectivity index (χ0) is 16.9. The third kappa shape index (κ3) is 3.90. The van der Waals surface area contributed by atoms with E-state index >= 15 is 0 Å². The smallest absolute Gasteiger partial charge is 0.220 e. The number of carbonyl (C=O) groups is 1. The predicted octanol–water partition coefficient (Wildman–Crippen LogP) is 1.86. The monoisotopic (exact) mass is 328 g/mol. The SMILES string of the molecule is CCCC(=O)NC1CCCN(c2ccc(-n3ccc(C)n3)nn2)C1. The van der Waals surface area contributed by atoms with Crippen molar-refractivity contribution in [1.82, 2.24) is 25.3 Å². The van der Waals surface area contributed by atoms with Crippen molar-refractivity contribution < 1.29 is 4.79 Å². The summed E-state index contributed by atoms with van der Waals surface area (Å²) >= 11 is 0. The first-order valence-electron chi connectivity index (χ1n) is 8.56. The van der Waals surface area contributed by atoms with E-state index in [1.807, 2.05) is 38.2 Å². The molecule has 1 fully saturated rings. The van der Waals surface area contributed by atoms with Crippen LogP contribution in [0.1, 0.15) is 38.3 Å². The normalized spacial score (nSPS) is 17.8. The molecule has 1 saturated heterocycles. The van der Waals surface area contributed by atoms with Crippen LogP contribution in [-0.2, 0) is 4.79 Å². The number of carbonyl (C=O) groups excluding carboxylic acids is 1. The Balaban J connectivity index is 1.64. The minimum Gasteiger partial charge on any atom is -0.353 e. The number of hydrogen-bond donors (Lipinski definition) is 1. The molecule has 1 amide bonds. The number of aryl methyl sites for hydroxylation is 1. The van der Waals surface area contributed by atoms with Crippen molar-refractivity contribution in [2.45, 2.75) is 45.6 Å². The van der Waals surface area contributed by atoms with Crippen LogP contribution >= 0.6 is 0 Å². The molecule has 3 heterocycles. The zero-order valence-electron chi connectivity index (χ0n) is 14.3. The van der Waals surface area contributed by atoms with E-state index in [9.17, 15) is 4.79 Å². The molecule has 128 valence electrons. The molecule has 0 bridgehead atoms. The van der Waals surface area contributed by atoms with Gasteiger partial charge in [-0.3, -0.25) is 4.79 Å². The van der Waals surface area contributed by atoms with Crippen LogP contribution in [0.4, 0.5) is 5.82 Å². The Morgan fingerprint density at radius 2 is 2.08 bits per heavy atom. The van der Waals surface area contributed by atoms with Crippen LogP contribution in [-0.4, -0.2) is 45.0 Å². The molecular weight excluding hydrogens is 304 g/mol. The maximum absolute atomic E-state index is 11.8. The maximum atomic E-state index is 11.8. The topological polar surface area (TPSA) is 75.9 Å². The lowest BCUT2D eigenvalue weighted by atomic mass is 10.1. The van der Waals surface area contributed by atoms with E-state index in [0.29, 0.717) is 12.2 Å². The number of nitrogens with one attached hydrogen (secondary N) is 1. The third-order valence-electron chi connectivity index (χ3n) is 4.18. The van der Waals surface area contributed by atoms with Crippen molar-refractivity contribution in [1.29, 1.82) is 0 Å². The van der Waals surface area contributed by atoms with Crippen molar-refractivity contribution in [2.75, 3.05) is 18.0 Å². The first-order chi connectivity index (χ1) is 11.7. The van der Waals surface area contributed by atoms with Crippen molar-refractivity contribution in [3.05, 3.63) is 30.1 Å². The van der Waals surface area contributed by atoms with Gasteiger partial charge in [0, 0.05) is 31.7 Å². The molecule has 0 aromatic carbocycles. The van der Waals surface area contributed by atoms with Gasteiger partial charge < -0.3 is 10.2 Å². The molecule has 2 aromatic heterocycles. The minimum atomic E-state index is 0.139. The van der Waals surface area contributed by atoms with Crippen molar-refractivity contribution >= 4 is 11.7 Å². The van der Waals surface area contributed by atoms with Crippen molar-refractivity contribution in [3.8, 4) is 5.82 Å². The Morgan fingerprint density at radius 1 is 1.29 bits per heavy atom. The van der Waals surface area contributed by atoms with Gasteiger partial charge in [-0.25, -0.2) is 4.68 Å². The highest BCUT2D eigenvalue weighted by Crippen LogP contribution is 2.18. The molecule has 7 nitrogen and oxygen atoms in total. The molecule has 1 unspecified atom stereocenters. The van der Waals surface area contributed by atoms with E-state index in [4.69, 9.17) is 0 Å². The summed E-state index contributed by atoms with van der Waals surface area (Å²) in [5.74, 6) is 1.69. The molecule has 0 radical (unpaired) electrons. The van der Waals surface area contributed by atoms with Gasteiger partial charge in [-0.2, -0.15) is 5.10 Å². The fraction of sp³-hybridized carbons (Fsp3) is 0.529. The van der Waals surface area contributed by atoms with Gasteiger partial charge in [0.25, 0.3) is 0 Å². The second-order valence-electron chi connectivity index (χ2n) is 6.25. The number of anilines is 1. The van der Waals surface area contributed by atoms with E-state index < -0.39 is 0 Å². The van der Waals surface area contributed by atoms with E-state index in [-0.39, 0.29) is 11.9 Å². The summed E-state index contributed by atoms with van der Waals surface area (Å²) in [6.45, 7) is 5.68.